The Morgan fingerprint density at radius 1 is 1.36 bits per heavy atom. The maximum absolute atomic E-state index is 12.2. The number of benzene rings is 1. The van der Waals surface area contributed by atoms with E-state index in [9.17, 15) is 4.79 Å². The zero-order valence-corrected chi connectivity index (χ0v) is 15.6. The molecule has 0 bridgehead atoms. The minimum atomic E-state index is 0.0313. The summed E-state index contributed by atoms with van der Waals surface area (Å²) in [6.45, 7) is 4.23. The van der Waals surface area contributed by atoms with Crippen molar-refractivity contribution < 1.29 is 4.79 Å². The first-order valence-electron chi connectivity index (χ1n) is 8.74. The Kier molecular flexibility index (Phi) is 5.63. The van der Waals surface area contributed by atoms with Crippen LogP contribution in [0, 0.1) is 12.8 Å². The van der Waals surface area contributed by atoms with E-state index in [2.05, 4.69) is 22.4 Å². The van der Waals surface area contributed by atoms with Crippen molar-refractivity contribution >= 4 is 17.7 Å². The molecule has 7 heteroatoms. The molecule has 6 nitrogen and oxygen atoms in total. The van der Waals surface area contributed by atoms with Crippen LogP contribution in [0.2, 0.25) is 0 Å². The van der Waals surface area contributed by atoms with Crippen LogP contribution in [0.3, 0.4) is 0 Å². The number of rotatable bonds is 5. The molecule has 0 saturated heterocycles. The highest BCUT2D eigenvalue weighted by Gasteiger charge is 2.23. The van der Waals surface area contributed by atoms with Crippen molar-refractivity contribution in [3.63, 3.8) is 0 Å². The molecular formula is C18H25N5OS. The Hall–Kier alpha value is -2.02. The van der Waals surface area contributed by atoms with Gasteiger partial charge in [-0.15, -0.1) is 10.2 Å². The smallest absolute Gasteiger partial charge is 0.230 e. The van der Waals surface area contributed by atoms with Crippen molar-refractivity contribution in [2.75, 3.05) is 11.6 Å². The average Bonchev–Trinajstić information content (AvgIpc) is 2.96. The van der Waals surface area contributed by atoms with Gasteiger partial charge in [0.15, 0.2) is 5.82 Å². The summed E-state index contributed by atoms with van der Waals surface area (Å²) in [6, 6.07) is 8.24. The van der Waals surface area contributed by atoms with Crippen molar-refractivity contribution in [1.29, 1.82) is 0 Å². The minimum Gasteiger partial charge on any atom is -0.352 e. The van der Waals surface area contributed by atoms with E-state index in [1.165, 1.54) is 35.7 Å². The zero-order valence-electron chi connectivity index (χ0n) is 14.7. The lowest BCUT2D eigenvalue weighted by Gasteiger charge is -2.29. The lowest BCUT2D eigenvalue weighted by atomic mass is 9.86. The number of hydrogen-bond acceptors (Lipinski definition) is 5. The van der Waals surface area contributed by atoms with E-state index in [1.807, 2.05) is 31.2 Å². The number of hydrogen-bond donors (Lipinski definition) is 2. The van der Waals surface area contributed by atoms with E-state index in [0.29, 0.717) is 28.7 Å². The van der Waals surface area contributed by atoms with Gasteiger partial charge in [-0.25, -0.2) is 4.68 Å². The predicted octanol–water partition coefficient (Wildman–Crippen LogP) is 2.75. The number of amides is 1. The molecule has 1 aromatic heterocycles. The van der Waals surface area contributed by atoms with Gasteiger partial charge in [0.2, 0.25) is 11.1 Å². The minimum absolute atomic E-state index is 0.0313. The fourth-order valence-electron chi connectivity index (χ4n) is 3.27. The molecule has 3 rings (SSSR count). The summed E-state index contributed by atoms with van der Waals surface area (Å²) in [4.78, 5) is 12.2. The third-order valence-electron chi connectivity index (χ3n) is 4.73. The highest BCUT2D eigenvalue weighted by molar-refractivity contribution is 7.99. The SMILES string of the molecule is Cc1cccc(-c2nnc(SCC(=O)N[C@@H]3CCCC[C@@H]3C)n2N)c1. The molecule has 0 unspecified atom stereocenters. The summed E-state index contributed by atoms with van der Waals surface area (Å²) >= 11 is 1.32. The fraction of sp³-hybridized carbons (Fsp3) is 0.500. The molecule has 2 aromatic rings. The second kappa shape index (κ2) is 7.91. The Bertz CT molecular complexity index is 745. The quantitative estimate of drug-likeness (QED) is 0.633. The van der Waals surface area contributed by atoms with E-state index in [-0.39, 0.29) is 5.91 Å². The van der Waals surface area contributed by atoms with Gasteiger partial charge in [0.05, 0.1) is 5.75 Å². The van der Waals surface area contributed by atoms with Crippen LogP contribution in [-0.2, 0) is 4.79 Å². The van der Waals surface area contributed by atoms with Crippen LogP contribution in [0.1, 0.15) is 38.2 Å². The van der Waals surface area contributed by atoms with Gasteiger partial charge in [-0.2, -0.15) is 0 Å². The molecule has 1 aromatic carbocycles. The molecule has 3 N–H and O–H groups in total. The van der Waals surface area contributed by atoms with Gasteiger partial charge < -0.3 is 11.2 Å². The molecule has 0 radical (unpaired) electrons. The van der Waals surface area contributed by atoms with E-state index in [1.54, 1.807) is 0 Å². The molecular weight excluding hydrogens is 334 g/mol. The molecule has 1 aliphatic carbocycles. The van der Waals surface area contributed by atoms with Crippen molar-refractivity contribution in [2.24, 2.45) is 5.92 Å². The van der Waals surface area contributed by atoms with Crippen LogP contribution in [0.4, 0.5) is 0 Å². The summed E-state index contributed by atoms with van der Waals surface area (Å²) < 4.78 is 1.45. The molecule has 1 heterocycles. The number of nitrogens with zero attached hydrogens (tertiary/aromatic N) is 3. The number of nitrogens with two attached hydrogens (primary N) is 1. The number of aryl methyl sites for hydroxylation is 1. The third kappa shape index (κ3) is 4.34. The van der Waals surface area contributed by atoms with E-state index < -0.39 is 0 Å². The van der Waals surface area contributed by atoms with E-state index >= 15 is 0 Å². The van der Waals surface area contributed by atoms with E-state index in [0.717, 1.165) is 17.5 Å². The normalized spacial score (nSPS) is 20.4. The maximum atomic E-state index is 12.2. The lowest BCUT2D eigenvalue weighted by Crippen LogP contribution is -2.41. The van der Waals surface area contributed by atoms with Gasteiger partial charge in [-0.05, 0) is 31.7 Å². The molecule has 25 heavy (non-hydrogen) atoms. The fourth-order valence-corrected chi connectivity index (χ4v) is 3.93. The zero-order chi connectivity index (χ0) is 17.8. The summed E-state index contributed by atoms with van der Waals surface area (Å²) in [7, 11) is 0. The molecule has 0 spiro atoms. The largest absolute Gasteiger partial charge is 0.352 e. The second-order valence-electron chi connectivity index (χ2n) is 6.77. The predicted molar refractivity (Wildman–Crippen MR) is 101 cm³/mol. The number of carbonyl (C=O) groups excluding carboxylic acids is 1. The van der Waals surface area contributed by atoms with Crippen LogP contribution < -0.4 is 11.2 Å². The van der Waals surface area contributed by atoms with Gasteiger partial charge in [-0.1, -0.05) is 55.3 Å². The molecule has 1 saturated carbocycles. The van der Waals surface area contributed by atoms with Gasteiger partial charge in [0.25, 0.3) is 0 Å². The lowest BCUT2D eigenvalue weighted by molar-refractivity contribution is -0.119. The van der Waals surface area contributed by atoms with Crippen LogP contribution in [0.15, 0.2) is 29.4 Å². The number of aromatic nitrogens is 3. The van der Waals surface area contributed by atoms with Crippen LogP contribution in [-0.4, -0.2) is 32.6 Å². The third-order valence-corrected chi connectivity index (χ3v) is 5.67. The van der Waals surface area contributed by atoms with Crippen molar-refractivity contribution in [2.45, 2.75) is 50.7 Å². The number of nitrogens with one attached hydrogen (secondary N) is 1. The Labute approximate surface area is 152 Å². The monoisotopic (exact) mass is 359 g/mol. The first kappa shape index (κ1) is 17.8. The highest BCUT2D eigenvalue weighted by atomic mass is 32.2. The highest BCUT2D eigenvalue weighted by Crippen LogP contribution is 2.25. The molecule has 0 aliphatic heterocycles. The second-order valence-corrected chi connectivity index (χ2v) is 7.71. The van der Waals surface area contributed by atoms with Crippen molar-refractivity contribution in [3.05, 3.63) is 29.8 Å². The average molecular weight is 359 g/mol. The van der Waals surface area contributed by atoms with Gasteiger partial charge in [0.1, 0.15) is 0 Å². The standard InChI is InChI=1S/C18H25N5OS/c1-12-6-5-8-14(10-12)17-21-22-18(23(17)19)25-11-16(24)20-15-9-4-3-7-13(15)2/h5-6,8,10,13,15H,3-4,7,9,11,19H2,1-2H3,(H,20,24)/t13-,15+/m0/s1. The first-order valence-corrected chi connectivity index (χ1v) is 9.73. The van der Waals surface area contributed by atoms with Crippen molar-refractivity contribution in [1.82, 2.24) is 20.2 Å². The summed E-state index contributed by atoms with van der Waals surface area (Å²) in [5.74, 6) is 7.60. The van der Waals surface area contributed by atoms with Gasteiger partial charge in [0, 0.05) is 11.6 Å². The molecule has 2 atom stereocenters. The number of nitrogen functional groups attached to an aromatic ring is 1. The van der Waals surface area contributed by atoms with Gasteiger partial charge >= 0.3 is 0 Å². The number of thioether (sulfide) groups is 1. The van der Waals surface area contributed by atoms with Gasteiger partial charge in [-0.3, -0.25) is 4.79 Å². The summed E-state index contributed by atoms with van der Waals surface area (Å²) in [5.41, 5.74) is 2.05. The summed E-state index contributed by atoms with van der Waals surface area (Å²) in [5, 5.41) is 12.0. The first-order chi connectivity index (χ1) is 12.0. The van der Waals surface area contributed by atoms with Crippen LogP contribution >= 0.6 is 11.8 Å². The molecule has 1 aliphatic rings. The van der Waals surface area contributed by atoms with Crippen molar-refractivity contribution in [3.8, 4) is 11.4 Å². The topological polar surface area (TPSA) is 85.8 Å². The van der Waals surface area contributed by atoms with E-state index in [4.69, 9.17) is 5.84 Å². The Morgan fingerprint density at radius 3 is 2.92 bits per heavy atom. The molecule has 1 amide bonds. The Balaban J connectivity index is 1.59. The maximum Gasteiger partial charge on any atom is 0.230 e. The summed E-state index contributed by atoms with van der Waals surface area (Å²) in [6.07, 6.45) is 4.72. The van der Waals surface area contributed by atoms with Crippen LogP contribution in [0.5, 0.6) is 0 Å². The Morgan fingerprint density at radius 2 is 2.16 bits per heavy atom. The molecule has 134 valence electrons. The van der Waals surface area contributed by atoms with Crippen LogP contribution in [0.25, 0.3) is 11.4 Å². The molecule has 1 fully saturated rings. The number of carbonyl (C=O) groups is 1.